The highest BCUT2D eigenvalue weighted by atomic mass is 19.1. The Hall–Kier alpha value is -0.890. The fourth-order valence-electron chi connectivity index (χ4n) is 5.64. The zero-order valence-electron chi connectivity index (χ0n) is 15.2. The molecule has 0 aromatic heterocycles. The minimum Gasteiger partial charge on any atom is -0.381 e. The van der Waals surface area contributed by atoms with Gasteiger partial charge in [-0.3, -0.25) is 0 Å². The minimum atomic E-state index is 0.0666. The maximum atomic E-state index is 14.8. The summed E-state index contributed by atoms with van der Waals surface area (Å²) >= 11 is 0. The maximum absolute atomic E-state index is 14.8. The van der Waals surface area contributed by atoms with Crippen molar-refractivity contribution < 1.29 is 9.13 Å². The summed E-state index contributed by atoms with van der Waals surface area (Å²) in [4.78, 5) is 0. The van der Waals surface area contributed by atoms with Gasteiger partial charge < -0.3 is 4.74 Å². The molecule has 1 aromatic rings. The first-order chi connectivity index (χ1) is 11.6. The first-order valence-electron chi connectivity index (χ1n) is 9.98. The van der Waals surface area contributed by atoms with Gasteiger partial charge in [0, 0.05) is 7.11 Å². The highest BCUT2D eigenvalue weighted by Gasteiger charge is 2.37. The third-order valence-electron chi connectivity index (χ3n) is 7.13. The van der Waals surface area contributed by atoms with E-state index in [0.717, 1.165) is 36.7 Å². The number of hydrogen-bond acceptors (Lipinski definition) is 1. The summed E-state index contributed by atoms with van der Waals surface area (Å²) in [5.74, 6) is 2.80. The fraction of sp³-hybridized carbons (Fsp3) is 0.727. The molecule has 0 heterocycles. The van der Waals surface area contributed by atoms with E-state index in [-0.39, 0.29) is 5.82 Å². The van der Waals surface area contributed by atoms with Crippen molar-refractivity contribution in [2.24, 2.45) is 17.8 Å². The van der Waals surface area contributed by atoms with Crippen LogP contribution in [0.15, 0.2) is 12.1 Å². The van der Waals surface area contributed by atoms with Gasteiger partial charge in [0.15, 0.2) is 0 Å². The zero-order chi connectivity index (χ0) is 16.7. The Balaban J connectivity index is 1.51. The monoisotopic (exact) mass is 330 g/mol. The molecular formula is C22H31FO. The summed E-state index contributed by atoms with van der Waals surface area (Å²) in [5, 5.41) is 0. The molecule has 4 rings (SSSR count). The quantitative estimate of drug-likeness (QED) is 0.681. The first-order valence-corrected chi connectivity index (χ1v) is 9.98. The Morgan fingerprint density at radius 3 is 2.58 bits per heavy atom. The van der Waals surface area contributed by atoms with Crippen LogP contribution in [-0.4, -0.2) is 13.2 Å². The molecule has 1 nitrogen and oxygen atoms in total. The third kappa shape index (κ3) is 3.14. The Morgan fingerprint density at radius 2 is 1.75 bits per heavy atom. The summed E-state index contributed by atoms with van der Waals surface area (Å²) < 4.78 is 20.4. The van der Waals surface area contributed by atoms with Crippen molar-refractivity contribution in [3.63, 3.8) is 0 Å². The summed E-state index contributed by atoms with van der Waals surface area (Å²) in [6.07, 6.45) is 11.2. The molecule has 0 spiro atoms. The van der Waals surface area contributed by atoms with Gasteiger partial charge in [0.2, 0.25) is 0 Å². The Morgan fingerprint density at radius 1 is 0.958 bits per heavy atom. The zero-order valence-corrected chi connectivity index (χ0v) is 15.2. The summed E-state index contributed by atoms with van der Waals surface area (Å²) in [5.41, 5.74) is 3.72. The molecule has 0 N–H and O–H groups in total. The SMILES string of the molecule is COC1CCC2CC(c3cc4c(cc3F)CC(C)CC4)CCC2C1. The molecule has 0 aliphatic heterocycles. The lowest BCUT2D eigenvalue weighted by molar-refractivity contribution is 0.0121. The molecule has 0 bridgehead atoms. The van der Waals surface area contributed by atoms with E-state index in [1.165, 1.54) is 49.7 Å². The van der Waals surface area contributed by atoms with Crippen LogP contribution in [0.4, 0.5) is 4.39 Å². The van der Waals surface area contributed by atoms with Crippen molar-refractivity contribution >= 4 is 0 Å². The van der Waals surface area contributed by atoms with Crippen molar-refractivity contribution in [1.82, 2.24) is 0 Å². The Bertz CT molecular complexity index is 596. The average Bonchev–Trinajstić information content (AvgIpc) is 2.60. The van der Waals surface area contributed by atoms with Crippen LogP contribution in [0.2, 0.25) is 0 Å². The molecule has 3 aliphatic rings. The Labute approximate surface area is 146 Å². The largest absolute Gasteiger partial charge is 0.381 e. The van der Waals surface area contributed by atoms with Crippen LogP contribution < -0.4 is 0 Å². The standard InChI is InChI=1S/C22H31FO/c1-14-3-4-17-12-21(22(23)13-19(17)9-14)18-6-5-16-11-20(24-2)8-7-15(16)10-18/h12-16,18,20H,3-11H2,1-2H3. The van der Waals surface area contributed by atoms with Crippen molar-refractivity contribution in [2.45, 2.75) is 76.7 Å². The molecule has 2 saturated carbocycles. The molecule has 5 unspecified atom stereocenters. The number of methoxy groups -OCH3 is 1. The molecule has 1 aromatic carbocycles. The highest BCUT2D eigenvalue weighted by Crippen LogP contribution is 2.47. The van der Waals surface area contributed by atoms with Crippen LogP contribution in [-0.2, 0) is 17.6 Å². The van der Waals surface area contributed by atoms with Gasteiger partial charge in [0.25, 0.3) is 0 Å². The molecule has 2 heteroatoms. The second kappa shape index (κ2) is 6.78. The van der Waals surface area contributed by atoms with Crippen LogP contribution in [0.5, 0.6) is 0 Å². The van der Waals surface area contributed by atoms with Gasteiger partial charge in [-0.2, -0.15) is 0 Å². The van der Waals surface area contributed by atoms with E-state index in [2.05, 4.69) is 13.0 Å². The van der Waals surface area contributed by atoms with Crippen LogP contribution in [0.3, 0.4) is 0 Å². The molecule has 0 amide bonds. The van der Waals surface area contributed by atoms with E-state index in [1.807, 2.05) is 13.2 Å². The topological polar surface area (TPSA) is 9.23 Å². The fourth-order valence-corrected chi connectivity index (χ4v) is 5.64. The molecule has 3 aliphatic carbocycles. The van der Waals surface area contributed by atoms with E-state index in [1.54, 1.807) is 0 Å². The van der Waals surface area contributed by atoms with Gasteiger partial charge in [-0.15, -0.1) is 0 Å². The number of aryl methyl sites for hydroxylation is 1. The van der Waals surface area contributed by atoms with Crippen LogP contribution in [0, 0.1) is 23.6 Å². The predicted octanol–water partition coefficient (Wildman–Crippen LogP) is 5.65. The van der Waals surface area contributed by atoms with Crippen molar-refractivity contribution in [2.75, 3.05) is 7.11 Å². The summed E-state index contributed by atoms with van der Waals surface area (Å²) in [6, 6.07) is 4.11. The number of benzene rings is 1. The molecule has 0 radical (unpaired) electrons. The minimum absolute atomic E-state index is 0.0666. The highest BCUT2D eigenvalue weighted by molar-refractivity contribution is 5.37. The lowest BCUT2D eigenvalue weighted by atomic mass is 9.65. The molecule has 24 heavy (non-hydrogen) atoms. The number of hydrogen-bond donors (Lipinski definition) is 0. The van der Waals surface area contributed by atoms with Gasteiger partial charge in [0.1, 0.15) is 5.82 Å². The van der Waals surface area contributed by atoms with Gasteiger partial charge in [-0.25, -0.2) is 4.39 Å². The van der Waals surface area contributed by atoms with E-state index < -0.39 is 0 Å². The van der Waals surface area contributed by atoms with Crippen molar-refractivity contribution in [3.05, 3.63) is 34.6 Å². The maximum Gasteiger partial charge on any atom is 0.126 e. The van der Waals surface area contributed by atoms with Gasteiger partial charge >= 0.3 is 0 Å². The summed E-state index contributed by atoms with van der Waals surface area (Å²) in [7, 11) is 1.85. The van der Waals surface area contributed by atoms with Crippen molar-refractivity contribution in [1.29, 1.82) is 0 Å². The third-order valence-corrected chi connectivity index (χ3v) is 7.13. The first kappa shape index (κ1) is 16.6. The van der Waals surface area contributed by atoms with Crippen LogP contribution in [0.1, 0.15) is 74.5 Å². The smallest absolute Gasteiger partial charge is 0.126 e. The molecular weight excluding hydrogens is 299 g/mol. The van der Waals surface area contributed by atoms with Gasteiger partial charge in [-0.05, 0) is 104 Å². The second-order valence-electron chi connectivity index (χ2n) is 8.69. The molecule has 0 saturated heterocycles. The predicted molar refractivity (Wildman–Crippen MR) is 95.8 cm³/mol. The van der Waals surface area contributed by atoms with Crippen LogP contribution >= 0.6 is 0 Å². The second-order valence-corrected chi connectivity index (χ2v) is 8.69. The van der Waals surface area contributed by atoms with Crippen molar-refractivity contribution in [3.8, 4) is 0 Å². The van der Waals surface area contributed by atoms with Crippen LogP contribution in [0.25, 0.3) is 0 Å². The average molecular weight is 330 g/mol. The van der Waals surface area contributed by atoms with Gasteiger partial charge in [-0.1, -0.05) is 13.0 Å². The van der Waals surface area contributed by atoms with E-state index >= 15 is 0 Å². The Kier molecular flexibility index (Phi) is 4.68. The molecule has 132 valence electrons. The van der Waals surface area contributed by atoms with E-state index in [4.69, 9.17) is 4.74 Å². The number of halogens is 1. The van der Waals surface area contributed by atoms with Gasteiger partial charge in [0.05, 0.1) is 6.10 Å². The number of rotatable bonds is 2. The molecule has 2 fully saturated rings. The number of ether oxygens (including phenoxy) is 1. The lowest BCUT2D eigenvalue weighted by Crippen LogP contribution is -2.33. The number of fused-ring (bicyclic) bond motifs is 2. The normalized spacial score (nSPS) is 36.0. The van der Waals surface area contributed by atoms with E-state index in [0.29, 0.717) is 17.9 Å². The summed E-state index contributed by atoms with van der Waals surface area (Å²) in [6.45, 7) is 2.28. The van der Waals surface area contributed by atoms with E-state index in [9.17, 15) is 4.39 Å². The lowest BCUT2D eigenvalue weighted by Gasteiger charge is -2.42. The molecule has 5 atom stereocenters.